The first-order chi connectivity index (χ1) is 10.3. The molecule has 3 heteroatoms. The van der Waals surface area contributed by atoms with Crippen LogP contribution in [0.25, 0.3) is 10.4 Å². The molecule has 2 nitrogen and oxygen atoms in total. The van der Waals surface area contributed by atoms with E-state index in [2.05, 4.69) is 49.5 Å². The van der Waals surface area contributed by atoms with E-state index in [1.807, 2.05) is 11.3 Å². The Hall–Kier alpha value is -1.19. The summed E-state index contributed by atoms with van der Waals surface area (Å²) in [7, 11) is 0. The lowest BCUT2D eigenvalue weighted by Crippen LogP contribution is -2.12. The number of aromatic nitrogens is 1. The van der Waals surface area contributed by atoms with Gasteiger partial charge in [0.1, 0.15) is 0 Å². The van der Waals surface area contributed by atoms with Crippen molar-refractivity contribution in [2.45, 2.75) is 45.6 Å². The van der Waals surface area contributed by atoms with Gasteiger partial charge >= 0.3 is 0 Å². The highest BCUT2D eigenvalue weighted by Crippen LogP contribution is 2.42. The van der Waals surface area contributed by atoms with Crippen LogP contribution in [0.3, 0.4) is 0 Å². The average Bonchev–Trinajstić information content (AvgIpc) is 3.12. The molecule has 0 bridgehead atoms. The molecule has 2 unspecified atom stereocenters. The Morgan fingerprint density at radius 1 is 1.24 bits per heavy atom. The molecule has 0 spiro atoms. The molecule has 21 heavy (non-hydrogen) atoms. The normalized spacial score (nSPS) is 21.8. The monoisotopic (exact) mass is 300 g/mol. The summed E-state index contributed by atoms with van der Waals surface area (Å²) in [6.45, 7) is 6.38. The largest absolute Gasteiger partial charge is 0.311 e. The van der Waals surface area contributed by atoms with Gasteiger partial charge in [0.25, 0.3) is 0 Å². The molecule has 0 radical (unpaired) electrons. The molecule has 1 N–H and O–H groups in total. The first kappa shape index (κ1) is 14.7. The van der Waals surface area contributed by atoms with Crippen LogP contribution in [-0.4, -0.2) is 11.5 Å². The van der Waals surface area contributed by atoms with E-state index in [4.69, 9.17) is 4.98 Å². The van der Waals surface area contributed by atoms with Gasteiger partial charge in [0.15, 0.2) is 0 Å². The molecule has 1 heterocycles. The van der Waals surface area contributed by atoms with Gasteiger partial charge in [0, 0.05) is 12.5 Å². The first-order valence-corrected chi connectivity index (χ1v) is 8.85. The lowest BCUT2D eigenvalue weighted by atomic mass is 10.1. The van der Waals surface area contributed by atoms with Crippen molar-refractivity contribution in [3.05, 3.63) is 41.0 Å². The predicted molar refractivity (Wildman–Crippen MR) is 90.7 cm³/mol. The van der Waals surface area contributed by atoms with Crippen molar-refractivity contribution in [1.29, 1.82) is 0 Å². The van der Waals surface area contributed by atoms with Gasteiger partial charge in [-0.15, -0.1) is 11.3 Å². The fourth-order valence-corrected chi connectivity index (χ4v) is 4.39. The maximum Gasteiger partial charge on any atom is 0.0966 e. The van der Waals surface area contributed by atoms with Crippen molar-refractivity contribution < 1.29 is 0 Å². The van der Waals surface area contributed by atoms with Crippen molar-refractivity contribution in [2.75, 3.05) is 6.54 Å². The molecule has 1 aliphatic carbocycles. The summed E-state index contributed by atoms with van der Waals surface area (Å²) in [5.41, 5.74) is 2.53. The Bertz CT molecular complexity index is 576. The Balaban J connectivity index is 1.91. The molecular weight excluding hydrogens is 276 g/mol. The zero-order valence-corrected chi connectivity index (χ0v) is 13.7. The quantitative estimate of drug-likeness (QED) is 0.856. The number of thiazole rings is 1. The first-order valence-electron chi connectivity index (χ1n) is 8.03. The van der Waals surface area contributed by atoms with E-state index in [0.717, 1.165) is 19.0 Å². The SMILES string of the molecule is CCNCc1nc(C2CCC(C)C2)sc1-c1ccccc1. The van der Waals surface area contributed by atoms with Crippen LogP contribution in [0.15, 0.2) is 30.3 Å². The third kappa shape index (κ3) is 3.35. The number of hydrogen-bond donors (Lipinski definition) is 1. The van der Waals surface area contributed by atoms with Crippen LogP contribution in [0.5, 0.6) is 0 Å². The van der Waals surface area contributed by atoms with E-state index < -0.39 is 0 Å². The predicted octanol–water partition coefficient (Wildman–Crippen LogP) is 4.82. The number of hydrogen-bond acceptors (Lipinski definition) is 3. The highest BCUT2D eigenvalue weighted by Gasteiger charge is 2.26. The lowest BCUT2D eigenvalue weighted by molar-refractivity contribution is 0.594. The molecule has 1 fully saturated rings. The molecule has 112 valence electrons. The number of rotatable bonds is 5. The zero-order chi connectivity index (χ0) is 14.7. The summed E-state index contributed by atoms with van der Waals surface area (Å²) in [4.78, 5) is 6.35. The van der Waals surface area contributed by atoms with Gasteiger partial charge in [-0.3, -0.25) is 0 Å². The molecular formula is C18H24N2S. The van der Waals surface area contributed by atoms with E-state index in [9.17, 15) is 0 Å². The molecule has 1 saturated carbocycles. The minimum Gasteiger partial charge on any atom is -0.311 e. The summed E-state index contributed by atoms with van der Waals surface area (Å²) in [5, 5.41) is 4.78. The van der Waals surface area contributed by atoms with Crippen LogP contribution < -0.4 is 5.32 Å². The highest BCUT2D eigenvalue weighted by molar-refractivity contribution is 7.15. The standard InChI is InChI=1S/C18H24N2S/c1-3-19-12-16-17(14-7-5-4-6-8-14)21-18(20-16)15-10-9-13(2)11-15/h4-8,13,15,19H,3,9-12H2,1-2H3. The van der Waals surface area contributed by atoms with E-state index >= 15 is 0 Å². The molecule has 1 aromatic carbocycles. The van der Waals surface area contributed by atoms with Crippen molar-refractivity contribution in [3.8, 4) is 10.4 Å². The fourth-order valence-electron chi connectivity index (χ4n) is 3.15. The second-order valence-corrected chi connectivity index (χ2v) is 7.12. The second-order valence-electron chi connectivity index (χ2n) is 6.09. The van der Waals surface area contributed by atoms with Crippen molar-refractivity contribution in [3.63, 3.8) is 0 Å². The third-order valence-corrected chi connectivity index (χ3v) is 5.65. The third-order valence-electron chi connectivity index (χ3n) is 4.34. The van der Waals surface area contributed by atoms with Gasteiger partial charge in [-0.25, -0.2) is 4.98 Å². The fraction of sp³-hybridized carbons (Fsp3) is 0.500. The number of nitrogens with one attached hydrogen (secondary N) is 1. The van der Waals surface area contributed by atoms with Crippen molar-refractivity contribution >= 4 is 11.3 Å². The molecule has 3 rings (SSSR count). The smallest absolute Gasteiger partial charge is 0.0966 e. The molecule has 0 aliphatic heterocycles. The molecule has 2 aromatic rings. The average molecular weight is 300 g/mol. The Labute approximate surface area is 131 Å². The van der Waals surface area contributed by atoms with Crippen LogP contribution in [-0.2, 0) is 6.54 Å². The number of nitrogens with zero attached hydrogens (tertiary/aromatic N) is 1. The minimum absolute atomic E-state index is 0.683. The summed E-state index contributed by atoms with van der Waals surface area (Å²) >= 11 is 1.91. The van der Waals surface area contributed by atoms with E-state index in [1.54, 1.807) is 0 Å². The van der Waals surface area contributed by atoms with Gasteiger partial charge < -0.3 is 5.32 Å². The van der Waals surface area contributed by atoms with Crippen LogP contribution in [0.2, 0.25) is 0 Å². The Morgan fingerprint density at radius 3 is 2.71 bits per heavy atom. The molecule has 1 aliphatic rings. The molecule has 2 atom stereocenters. The minimum atomic E-state index is 0.683. The molecule has 0 saturated heterocycles. The summed E-state index contributed by atoms with van der Waals surface area (Å²) in [6.07, 6.45) is 3.97. The van der Waals surface area contributed by atoms with Gasteiger partial charge in [0.2, 0.25) is 0 Å². The van der Waals surface area contributed by atoms with Crippen LogP contribution in [0.1, 0.15) is 49.7 Å². The maximum absolute atomic E-state index is 5.00. The van der Waals surface area contributed by atoms with Crippen LogP contribution in [0.4, 0.5) is 0 Å². The van der Waals surface area contributed by atoms with Gasteiger partial charge in [-0.1, -0.05) is 50.6 Å². The lowest BCUT2D eigenvalue weighted by Gasteiger charge is -2.04. The summed E-state index contributed by atoms with van der Waals surface area (Å²) in [5.74, 6) is 1.54. The summed E-state index contributed by atoms with van der Waals surface area (Å²) < 4.78 is 0. The maximum atomic E-state index is 5.00. The molecule has 1 aromatic heterocycles. The van der Waals surface area contributed by atoms with Crippen molar-refractivity contribution in [2.24, 2.45) is 5.92 Å². The number of benzene rings is 1. The zero-order valence-electron chi connectivity index (χ0n) is 12.9. The van der Waals surface area contributed by atoms with E-state index in [1.165, 1.54) is 40.4 Å². The van der Waals surface area contributed by atoms with Crippen LogP contribution >= 0.6 is 11.3 Å². The second kappa shape index (κ2) is 6.71. The Kier molecular flexibility index (Phi) is 4.71. The summed E-state index contributed by atoms with van der Waals surface area (Å²) in [6, 6.07) is 10.7. The topological polar surface area (TPSA) is 24.9 Å². The van der Waals surface area contributed by atoms with Gasteiger partial charge in [-0.2, -0.15) is 0 Å². The van der Waals surface area contributed by atoms with Gasteiger partial charge in [-0.05, 0) is 30.9 Å². The van der Waals surface area contributed by atoms with E-state index in [0.29, 0.717) is 5.92 Å². The van der Waals surface area contributed by atoms with E-state index in [-0.39, 0.29) is 0 Å². The van der Waals surface area contributed by atoms with Crippen molar-refractivity contribution in [1.82, 2.24) is 10.3 Å². The molecule has 0 amide bonds. The highest BCUT2D eigenvalue weighted by atomic mass is 32.1. The Morgan fingerprint density at radius 2 is 2.05 bits per heavy atom. The van der Waals surface area contributed by atoms with Gasteiger partial charge in [0.05, 0.1) is 15.6 Å². The van der Waals surface area contributed by atoms with Crippen LogP contribution in [0, 0.1) is 5.92 Å².